The van der Waals surface area contributed by atoms with Crippen molar-refractivity contribution in [3.05, 3.63) is 33.9 Å². The van der Waals surface area contributed by atoms with Crippen LogP contribution in [0.15, 0.2) is 18.2 Å². The van der Waals surface area contributed by atoms with Crippen molar-refractivity contribution in [2.24, 2.45) is 5.92 Å². The molecule has 1 unspecified atom stereocenters. The Kier molecular flexibility index (Phi) is 6.49. The molecule has 1 aromatic rings. The zero-order valence-corrected chi connectivity index (χ0v) is 13.6. The van der Waals surface area contributed by atoms with Crippen molar-refractivity contribution in [3.63, 3.8) is 0 Å². The van der Waals surface area contributed by atoms with E-state index in [1.54, 1.807) is 0 Å². The highest BCUT2D eigenvalue weighted by Gasteiger charge is 2.23. The summed E-state index contributed by atoms with van der Waals surface area (Å²) in [6.45, 7) is 3.86. The molecule has 2 N–H and O–H groups in total. The van der Waals surface area contributed by atoms with Gasteiger partial charge in [0.1, 0.15) is 6.04 Å². The highest BCUT2D eigenvalue weighted by atomic mass is 16.6. The number of rotatable bonds is 7. The standard InChI is InChI=1S/C15H21N3O5/c1-9(2)7-11(15(20)16-3)17-14(19)10-5-6-13(23-4)12(8-10)18(21)22/h5-6,8-9,11H,7H2,1-4H3,(H,16,20)(H,17,19). The van der Waals surface area contributed by atoms with Gasteiger partial charge < -0.3 is 15.4 Å². The highest BCUT2D eigenvalue weighted by molar-refractivity contribution is 5.98. The zero-order valence-electron chi connectivity index (χ0n) is 13.6. The second kappa shape index (κ2) is 8.11. The quantitative estimate of drug-likeness (QED) is 0.583. The molecule has 0 aliphatic carbocycles. The van der Waals surface area contributed by atoms with Gasteiger partial charge >= 0.3 is 5.69 Å². The van der Waals surface area contributed by atoms with Gasteiger partial charge in [-0.15, -0.1) is 0 Å². The summed E-state index contributed by atoms with van der Waals surface area (Å²) in [5.74, 6) is -0.598. The van der Waals surface area contributed by atoms with Crippen LogP contribution in [-0.2, 0) is 4.79 Å². The van der Waals surface area contributed by atoms with Gasteiger partial charge in [0.25, 0.3) is 5.91 Å². The summed E-state index contributed by atoms with van der Waals surface area (Å²) in [6.07, 6.45) is 0.462. The fourth-order valence-electron chi connectivity index (χ4n) is 2.09. The van der Waals surface area contributed by atoms with Crippen molar-refractivity contribution in [1.82, 2.24) is 10.6 Å². The van der Waals surface area contributed by atoms with E-state index in [1.165, 1.54) is 26.3 Å². The summed E-state index contributed by atoms with van der Waals surface area (Å²) in [6, 6.07) is 3.19. The Morgan fingerprint density at radius 2 is 2.00 bits per heavy atom. The van der Waals surface area contributed by atoms with Crippen LogP contribution >= 0.6 is 0 Å². The first kappa shape index (κ1) is 18.4. The van der Waals surface area contributed by atoms with Crippen molar-refractivity contribution in [3.8, 4) is 5.75 Å². The molecule has 8 nitrogen and oxygen atoms in total. The van der Waals surface area contributed by atoms with Crippen molar-refractivity contribution in [2.45, 2.75) is 26.3 Å². The third-order valence-corrected chi connectivity index (χ3v) is 3.21. The van der Waals surface area contributed by atoms with Gasteiger partial charge in [-0.2, -0.15) is 0 Å². The number of nitro benzene ring substituents is 1. The summed E-state index contributed by atoms with van der Waals surface area (Å²) >= 11 is 0. The lowest BCUT2D eigenvalue weighted by Crippen LogP contribution is -2.46. The fourth-order valence-corrected chi connectivity index (χ4v) is 2.09. The molecular weight excluding hydrogens is 302 g/mol. The van der Waals surface area contributed by atoms with E-state index in [9.17, 15) is 19.7 Å². The maximum atomic E-state index is 12.3. The van der Waals surface area contributed by atoms with Crippen LogP contribution in [0.25, 0.3) is 0 Å². The first-order valence-electron chi connectivity index (χ1n) is 7.15. The number of amides is 2. The molecule has 0 spiro atoms. The SMILES string of the molecule is CNC(=O)C(CC(C)C)NC(=O)c1ccc(OC)c([N+](=O)[O-])c1. The van der Waals surface area contributed by atoms with Crippen molar-refractivity contribution in [1.29, 1.82) is 0 Å². The number of nitrogens with zero attached hydrogens (tertiary/aromatic N) is 1. The number of carbonyl (C=O) groups is 2. The second-order valence-corrected chi connectivity index (χ2v) is 5.41. The van der Waals surface area contributed by atoms with E-state index < -0.39 is 16.9 Å². The van der Waals surface area contributed by atoms with Crippen LogP contribution in [0.5, 0.6) is 5.75 Å². The maximum absolute atomic E-state index is 12.3. The minimum atomic E-state index is -0.700. The molecular formula is C15H21N3O5. The Labute approximate surface area is 134 Å². The minimum Gasteiger partial charge on any atom is -0.490 e. The molecule has 126 valence electrons. The summed E-state index contributed by atoms with van der Waals surface area (Å²) in [7, 11) is 2.80. The Morgan fingerprint density at radius 3 is 2.48 bits per heavy atom. The molecule has 1 aromatic carbocycles. The Hall–Kier alpha value is -2.64. The van der Waals surface area contributed by atoms with Crippen LogP contribution in [-0.4, -0.2) is 36.9 Å². The van der Waals surface area contributed by atoms with Gasteiger partial charge in [0.2, 0.25) is 5.91 Å². The van der Waals surface area contributed by atoms with E-state index in [0.717, 1.165) is 6.07 Å². The molecule has 0 aromatic heterocycles. The number of benzene rings is 1. The molecule has 0 radical (unpaired) electrons. The number of nitro groups is 1. The average molecular weight is 323 g/mol. The van der Waals surface area contributed by atoms with E-state index in [4.69, 9.17) is 4.74 Å². The average Bonchev–Trinajstić information content (AvgIpc) is 2.52. The molecule has 0 saturated heterocycles. The summed E-state index contributed by atoms with van der Waals surface area (Å²) in [4.78, 5) is 34.5. The monoisotopic (exact) mass is 323 g/mol. The van der Waals surface area contributed by atoms with Crippen LogP contribution in [0, 0.1) is 16.0 Å². The Balaban J connectivity index is 3.01. The molecule has 1 rings (SSSR count). The van der Waals surface area contributed by atoms with Crippen molar-refractivity contribution in [2.75, 3.05) is 14.2 Å². The molecule has 0 saturated carbocycles. The fraction of sp³-hybridized carbons (Fsp3) is 0.467. The third kappa shape index (κ3) is 4.94. The number of ether oxygens (including phenoxy) is 1. The van der Waals surface area contributed by atoms with Gasteiger partial charge in [-0.25, -0.2) is 0 Å². The lowest BCUT2D eigenvalue weighted by molar-refractivity contribution is -0.385. The zero-order chi connectivity index (χ0) is 17.6. The van der Waals surface area contributed by atoms with Crippen LogP contribution in [0.3, 0.4) is 0 Å². The van der Waals surface area contributed by atoms with Crippen LogP contribution in [0.4, 0.5) is 5.69 Å². The normalized spacial score (nSPS) is 11.7. The molecule has 1 atom stereocenters. The number of methoxy groups -OCH3 is 1. The van der Waals surface area contributed by atoms with Crippen LogP contribution in [0.1, 0.15) is 30.6 Å². The molecule has 0 aliphatic heterocycles. The van der Waals surface area contributed by atoms with Crippen LogP contribution < -0.4 is 15.4 Å². The maximum Gasteiger partial charge on any atom is 0.311 e. The van der Waals surface area contributed by atoms with Gasteiger partial charge in [-0.05, 0) is 24.5 Å². The largest absolute Gasteiger partial charge is 0.490 e. The number of carbonyl (C=O) groups excluding carboxylic acids is 2. The second-order valence-electron chi connectivity index (χ2n) is 5.41. The number of nitrogens with one attached hydrogen (secondary N) is 2. The lowest BCUT2D eigenvalue weighted by Gasteiger charge is -2.19. The molecule has 8 heteroatoms. The summed E-state index contributed by atoms with van der Waals surface area (Å²) in [5, 5.41) is 16.1. The molecule has 0 fully saturated rings. The highest BCUT2D eigenvalue weighted by Crippen LogP contribution is 2.27. The number of likely N-dealkylation sites (N-methyl/N-ethyl adjacent to an activating group) is 1. The molecule has 0 bridgehead atoms. The van der Waals surface area contributed by atoms with E-state index in [0.29, 0.717) is 6.42 Å². The topological polar surface area (TPSA) is 111 Å². The van der Waals surface area contributed by atoms with Gasteiger partial charge in [0, 0.05) is 18.7 Å². The summed E-state index contributed by atoms with van der Waals surface area (Å²) < 4.78 is 4.89. The Morgan fingerprint density at radius 1 is 1.35 bits per heavy atom. The van der Waals surface area contributed by atoms with Gasteiger partial charge in [0.15, 0.2) is 5.75 Å². The molecule has 0 heterocycles. The number of hydrogen-bond donors (Lipinski definition) is 2. The first-order chi connectivity index (χ1) is 10.8. The Bertz CT molecular complexity index is 601. The predicted molar refractivity (Wildman–Crippen MR) is 84.4 cm³/mol. The summed E-state index contributed by atoms with van der Waals surface area (Å²) in [5.41, 5.74) is -0.212. The van der Waals surface area contributed by atoms with E-state index in [-0.39, 0.29) is 28.8 Å². The lowest BCUT2D eigenvalue weighted by atomic mass is 10.0. The number of hydrogen-bond acceptors (Lipinski definition) is 5. The van der Waals surface area contributed by atoms with Crippen molar-refractivity contribution >= 4 is 17.5 Å². The van der Waals surface area contributed by atoms with E-state index in [2.05, 4.69) is 10.6 Å². The third-order valence-electron chi connectivity index (χ3n) is 3.21. The van der Waals surface area contributed by atoms with Crippen LogP contribution in [0.2, 0.25) is 0 Å². The van der Waals surface area contributed by atoms with Gasteiger partial charge in [0.05, 0.1) is 12.0 Å². The van der Waals surface area contributed by atoms with E-state index >= 15 is 0 Å². The first-order valence-corrected chi connectivity index (χ1v) is 7.15. The smallest absolute Gasteiger partial charge is 0.311 e. The predicted octanol–water partition coefficient (Wildman–Crippen LogP) is 1.49. The van der Waals surface area contributed by atoms with E-state index in [1.807, 2.05) is 13.8 Å². The molecule has 2 amide bonds. The van der Waals surface area contributed by atoms with Gasteiger partial charge in [-0.1, -0.05) is 13.8 Å². The minimum absolute atomic E-state index is 0.0663. The molecule has 0 aliphatic rings. The van der Waals surface area contributed by atoms with Crippen molar-refractivity contribution < 1.29 is 19.2 Å². The molecule has 23 heavy (non-hydrogen) atoms. The van der Waals surface area contributed by atoms with Gasteiger partial charge in [-0.3, -0.25) is 19.7 Å².